The highest BCUT2D eigenvalue weighted by Crippen LogP contribution is 2.38. The van der Waals surface area contributed by atoms with Crippen LogP contribution in [0.2, 0.25) is 48.4 Å². The second-order valence-electron chi connectivity index (χ2n) is 8.14. The van der Waals surface area contributed by atoms with Gasteiger partial charge in [0, 0.05) is 0 Å². The lowest BCUT2D eigenvalue weighted by molar-refractivity contribution is 1.22. The summed E-state index contributed by atoms with van der Waals surface area (Å²) < 4.78 is 0. The summed E-state index contributed by atoms with van der Waals surface area (Å²) in [6, 6.07) is 17.4. The van der Waals surface area contributed by atoms with Gasteiger partial charge in [-0.3, -0.25) is 0 Å². The van der Waals surface area contributed by atoms with E-state index in [1.807, 2.05) is 20.7 Å². The largest absolute Gasteiger partial charge is 0.0849 e. The number of hydrogen-bond acceptors (Lipinski definition) is 0. The first-order chi connectivity index (χ1) is 12.5. The van der Waals surface area contributed by atoms with Crippen molar-refractivity contribution in [2.45, 2.75) is 104 Å². The standard InChI is InChI=1S/C22H42Si4/c1-9-23(10-2)19-17-21-22(18-20(19)24(11-3)12-4)26(15-7,16-8)25(21,13-5)14-6/h17-18H,9-16H2,1-8H3. The smallest absolute Gasteiger partial charge is 0.0677 e. The van der Waals surface area contributed by atoms with Gasteiger partial charge in [0.15, 0.2) is 0 Å². The van der Waals surface area contributed by atoms with Crippen molar-refractivity contribution in [3.63, 3.8) is 0 Å². The highest BCUT2D eigenvalue weighted by atomic mass is 29.3. The molecule has 0 nitrogen and oxygen atoms in total. The molecule has 1 aliphatic heterocycles. The van der Waals surface area contributed by atoms with Crippen LogP contribution in [0.5, 0.6) is 0 Å². The minimum Gasteiger partial charge on any atom is -0.0677 e. The van der Waals surface area contributed by atoms with Crippen molar-refractivity contribution in [1.29, 1.82) is 0 Å². The molecule has 0 aromatic heterocycles. The Morgan fingerprint density at radius 1 is 0.538 bits per heavy atom. The van der Waals surface area contributed by atoms with Gasteiger partial charge < -0.3 is 0 Å². The van der Waals surface area contributed by atoms with E-state index in [0.29, 0.717) is 0 Å². The van der Waals surface area contributed by atoms with Crippen LogP contribution in [0.3, 0.4) is 0 Å². The van der Waals surface area contributed by atoms with Crippen LogP contribution in [0.1, 0.15) is 55.4 Å². The van der Waals surface area contributed by atoms with E-state index in [9.17, 15) is 0 Å². The molecule has 2 rings (SSSR count). The fourth-order valence-electron chi connectivity index (χ4n) is 6.31. The maximum atomic E-state index is 2.86. The molecule has 0 spiro atoms. The fourth-order valence-corrected chi connectivity index (χ4v) is 33.1. The summed E-state index contributed by atoms with van der Waals surface area (Å²) in [4.78, 5) is 0. The van der Waals surface area contributed by atoms with Crippen LogP contribution >= 0.6 is 0 Å². The van der Waals surface area contributed by atoms with Gasteiger partial charge in [-0.15, -0.1) is 0 Å². The third-order valence-electron chi connectivity index (χ3n) is 7.99. The summed E-state index contributed by atoms with van der Waals surface area (Å²) in [5, 5.41) is 7.69. The van der Waals surface area contributed by atoms with Crippen molar-refractivity contribution in [3.8, 4) is 0 Å². The first-order valence-electron chi connectivity index (χ1n) is 11.4. The summed E-state index contributed by atoms with van der Waals surface area (Å²) in [5.74, 6) is 0. The van der Waals surface area contributed by atoms with E-state index in [-0.39, 0.29) is 17.6 Å². The number of hydrogen-bond donors (Lipinski definition) is 0. The molecule has 0 saturated heterocycles. The number of rotatable bonds is 10. The predicted molar refractivity (Wildman–Crippen MR) is 132 cm³/mol. The number of benzene rings is 1. The third-order valence-corrected chi connectivity index (χ3v) is 35.2. The normalized spacial score (nSPS) is 17.5. The molecular weight excluding hydrogens is 377 g/mol. The molecule has 1 aliphatic rings. The van der Waals surface area contributed by atoms with Gasteiger partial charge in [0.2, 0.25) is 0 Å². The molecule has 0 unspecified atom stereocenters. The van der Waals surface area contributed by atoms with E-state index in [0.717, 1.165) is 0 Å². The highest BCUT2D eigenvalue weighted by Gasteiger charge is 2.62. The van der Waals surface area contributed by atoms with E-state index >= 15 is 0 Å². The Morgan fingerprint density at radius 3 is 1.00 bits per heavy atom. The molecule has 1 heterocycles. The summed E-state index contributed by atoms with van der Waals surface area (Å²) >= 11 is 0. The average Bonchev–Trinajstić information content (AvgIpc) is 2.67. The zero-order chi connectivity index (χ0) is 19.5. The van der Waals surface area contributed by atoms with E-state index in [4.69, 9.17) is 0 Å². The van der Waals surface area contributed by atoms with Gasteiger partial charge in [-0.25, -0.2) is 0 Å². The molecule has 146 valence electrons. The molecule has 0 bridgehead atoms. The predicted octanol–water partition coefficient (Wildman–Crippen LogP) is 4.65. The van der Waals surface area contributed by atoms with Gasteiger partial charge in [-0.1, -0.05) is 137 Å². The Hall–Kier alpha value is 0.0875. The molecule has 0 amide bonds. The zero-order valence-electron chi connectivity index (χ0n) is 18.8. The quantitative estimate of drug-likeness (QED) is 0.485. The lowest BCUT2D eigenvalue weighted by atomic mass is 10.3. The molecule has 0 aliphatic carbocycles. The molecule has 2 radical (unpaired) electrons. The molecular formula is C22H42Si4. The monoisotopic (exact) mass is 418 g/mol. The van der Waals surface area contributed by atoms with E-state index < -0.39 is 15.2 Å². The van der Waals surface area contributed by atoms with Gasteiger partial charge in [-0.2, -0.15) is 0 Å². The van der Waals surface area contributed by atoms with E-state index in [1.165, 1.54) is 48.4 Å². The van der Waals surface area contributed by atoms with Gasteiger partial charge in [0.05, 0.1) is 32.8 Å². The third kappa shape index (κ3) is 3.03. The van der Waals surface area contributed by atoms with Crippen LogP contribution in [-0.4, -0.2) is 32.8 Å². The highest BCUT2D eigenvalue weighted by molar-refractivity contribution is 7.58. The SMILES string of the molecule is CC[Si](CC)c1cc2c(cc1[Si](CC)CC)[Si](CC)(CC)[Si]2(CC)CC. The van der Waals surface area contributed by atoms with Crippen LogP contribution in [0, 0.1) is 0 Å². The minimum atomic E-state index is -1.21. The zero-order valence-corrected chi connectivity index (χ0v) is 22.8. The van der Waals surface area contributed by atoms with Crippen LogP contribution in [0.25, 0.3) is 0 Å². The van der Waals surface area contributed by atoms with Crippen molar-refractivity contribution in [2.75, 3.05) is 0 Å². The maximum Gasteiger partial charge on any atom is 0.0849 e. The van der Waals surface area contributed by atoms with Gasteiger partial charge in [0.25, 0.3) is 0 Å². The second-order valence-corrected chi connectivity index (χ2v) is 28.4. The first-order valence-corrected chi connectivity index (χ1v) is 21.0. The lowest BCUT2D eigenvalue weighted by Crippen LogP contribution is -2.89. The maximum absolute atomic E-state index is 2.86. The molecule has 0 N–H and O–H groups in total. The Morgan fingerprint density at radius 2 is 0.808 bits per heavy atom. The van der Waals surface area contributed by atoms with Gasteiger partial charge in [0.1, 0.15) is 0 Å². The Kier molecular flexibility index (Phi) is 7.80. The average molecular weight is 419 g/mol. The van der Waals surface area contributed by atoms with Gasteiger partial charge in [-0.05, 0) is 0 Å². The molecule has 0 saturated carbocycles. The van der Waals surface area contributed by atoms with Crippen LogP contribution in [0.15, 0.2) is 12.1 Å². The molecule has 0 atom stereocenters. The van der Waals surface area contributed by atoms with Crippen molar-refractivity contribution in [3.05, 3.63) is 12.1 Å². The van der Waals surface area contributed by atoms with Gasteiger partial charge >= 0.3 is 0 Å². The first kappa shape index (κ1) is 22.4. The second kappa shape index (κ2) is 9.06. The summed E-state index contributed by atoms with van der Waals surface area (Å²) in [6.07, 6.45) is 0. The summed E-state index contributed by atoms with van der Waals surface area (Å²) in [5.41, 5.74) is 0. The van der Waals surface area contributed by atoms with Crippen LogP contribution in [0.4, 0.5) is 0 Å². The molecule has 1 aromatic rings. The van der Waals surface area contributed by atoms with Crippen molar-refractivity contribution < 1.29 is 0 Å². The Balaban J connectivity index is 2.77. The number of fused-ring (bicyclic) bond motifs is 1. The molecule has 4 heteroatoms. The Bertz CT molecular complexity index is 530. The van der Waals surface area contributed by atoms with Crippen LogP contribution < -0.4 is 20.7 Å². The molecule has 26 heavy (non-hydrogen) atoms. The minimum absolute atomic E-state index is 0.352. The lowest BCUT2D eigenvalue weighted by Gasteiger charge is -2.59. The van der Waals surface area contributed by atoms with Crippen LogP contribution in [-0.2, 0) is 0 Å². The summed E-state index contributed by atoms with van der Waals surface area (Å²) in [7, 11) is -3.12. The molecule has 0 fully saturated rings. The van der Waals surface area contributed by atoms with Crippen molar-refractivity contribution in [1.82, 2.24) is 0 Å². The fraction of sp³-hybridized carbons (Fsp3) is 0.727. The van der Waals surface area contributed by atoms with Crippen molar-refractivity contribution in [2.24, 2.45) is 0 Å². The van der Waals surface area contributed by atoms with E-state index in [2.05, 4.69) is 67.5 Å². The Labute approximate surface area is 169 Å². The molecule has 1 aromatic carbocycles. The van der Waals surface area contributed by atoms with E-state index in [1.54, 1.807) is 0 Å². The topological polar surface area (TPSA) is 0 Å². The summed E-state index contributed by atoms with van der Waals surface area (Å²) in [6.45, 7) is 20.0. The van der Waals surface area contributed by atoms with Crippen molar-refractivity contribution >= 4 is 53.5 Å².